The molecule has 2 aromatic carbocycles. The number of rotatable bonds is 5. The molecular formula is C25H29ClN4O2. The zero-order chi connectivity index (χ0) is 22.8. The maximum Gasteiger partial charge on any atom is 0.257 e. The van der Waals surface area contributed by atoms with Crippen LogP contribution in [0.5, 0.6) is 5.75 Å². The lowest BCUT2D eigenvalue weighted by Crippen LogP contribution is -2.41. The minimum Gasteiger partial charge on any atom is -0.491 e. The number of carbonyl (C=O) groups is 1. The topological polar surface area (TPSA) is 60.2 Å². The maximum atomic E-state index is 13.4. The van der Waals surface area contributed by atoms with Gasteiger partial charge in [0.05, 0.1) is 23.4 Å². The Hall–Kier alpha value is -2.86. The van der Waals surface area contributed by atoms with Crippen LogP contribution >= 0.6 is 11.6 Å². The van der Waals surface area contributed by atoms with Crippen molar-refractivity contribution in [3.8, 4) is 17.0 Å². The number of halogens is 1. The Morgan fingerprint density at radius 3 is 2.66 bits per heavy atom. The summed E-state index contributed by atoms with van der Waals surface area (Å²) in [6, 6.07) is 10.4. The fourth-order valence-corrected chi connectivity index (χ4v) is 4.44. The second-order valence-electron chi connectivity index (χ2n) is 8.49. The van der Waals surface area contributed by atoms with Crippen molar-refractivity contribution in [3.05, 3.63) is 63.8 Å². The first kappa shape index (κ1) is 22.3. The van der Waals surface area contributed by atoms with Gasteiger partial charge in [-0.1, -0.05) is 48.0 Å². The van der Waals surface area contributed by atoms with Gasteiger partial charge >= 0.3 is 0 Å². The summed E-state index contributed by atoms with van der Waals surface area (Å²) in [5.74, 6) is 0.513. The molecule has 0 saturated carbocycles. The van der Waals surface area contributed by atoms with Crippen LogP contribution in [0.2, 0.25) is 5.02 Å². The number of ether oxygens (including phenoxy) is 1. The van der Waals surface area contributed by atoms with Gasteiger partial charge in [-0.3, -0.25) is 9.48 Å². The van der Waals surface area contributed by atoms with Crippen LogP contribution in [0.4, 0.5) is 0 Å². The van der Waals surface area contributed by atoms with Crippen molar-refractivity contribution in [1.29, 1.82) is 0 Å². The third-order valence-corrected chi connectivity index (χ3v) is 6.55. The van der Waals surface area contributed by atoms with E-state index in [1.807, 2.05) is 43.3 Å². The summed E-state index contributed by atoms with van der Waals surface area (Å²) in [5, 5.41) is 8.70. The fourth-order valence-electron chi connectivity index (χ4n) is 4.16. The molecule has 6 nitrogen and oxygen atoms in total. The van der Waals surface area contributed by atoms with Crippen LogP contribution in [0, 0.1) is 6.92 Å². The van der Waals surface area contributed by atoms with Gasteiger partial charge in [0.1, 0.15) is 5.69 Å². The molecule has 1 amide bonds. The van der Waals surface area contributed by atoms with Crippen LogP contribution in [0.1, 0.15) is 53.7 Å². The normalized spacial score (nSPS) is 16.3. The standard InChI is InChI=1S/C25H29ClN4O2/c1-5-11-30-16(2)10-12-32-24-21(25(30)31)14-20(17(3)23(24)26)13-18-6-8-19(9-7-18)22-15-29(4)28-27-22/h6-9,14-16H,5,10-13H2,1-4H3/t16-/m0/s1. The van der Waals surface area contributed by atoms with E-state index in [1.54, 1.807) is 4.68 Å². The highest BCUT2D eigenvalue weighted by Gasteiger charge is 2.29. The Morgan fingerprint density at radius 1 is 1.25 bits per heavy atom. The first-order valence-electron chi connectivity index (χ1n) is 11.1. The van der Waals surface area contributed by atoms with Crippen molar-refractivity contribution >= 4 is 17.5 Å². The fraction of sp³-hybridized carbons (Fsp3) is 0.400. The minimum absolute atomic E-state index is 0.00444. The molecule has 0 unspecified atom stereocenters. The van der Waals surface area contributed by atoms with E-state index in [4.69, 9.17) is 16.3 Å². The Morgan fingerprint density at radius 2 is 2.00 bits per heavy atom. The van der Waals surface area contributed by atoms with Crippen LogP contribution in [0.25, 0.3) is 11.3 Å². The van der Waals surface area contributed by atoms with Gasteiger partial charge in [-0.15, -0.1) is 5.10 Å². The highest BCUT2D eigenvalue weighted by atomic mass is 35.5. The smallest absolute Gasteiger partial charge is 0.257 e. The molecular weight excluding hydrogens is 424 g/mol. The van der Waals surface area contributed by atoms with Crippen LogP contribution in [-0.2, 0) is 13.5 Å². The Balaban J connectivity index is 1.67. The molecule has 0 N–H and O–H groups in total. The Bertz CT molecular complexity index is 1120. The largest absolute Gasteiger partial charge is 0.491 e. The molecule has 3 aromatic rings. The van der Waals surface area contributed by atoms with E-state index in [0.717, 1.165) is 47.3 Å². The van der Waals surface area contributed by atoms with E-state index >= 15 is 0 Å². The molecule has 1 aliphatic heterocycles. The van der Waals surface area contributed by atoms with Crippen LogP contribution < -0.4 is 4.74 Å². The lowest BCUT2D eigenvalue weighted by molar-refractivity contribution is 0.0643. The van der Waals surface area contributed by atoms with E-state index < -0.39 is 0 Å². The predicted molar refractivity (Wildman–Crippen MR) is 126 cm³/mol. The number of amides is 1. The molecule has 1 aromatic heterocycles. The van der Waals surface area contributed by atoms with Crippen molar-refractivity contribution < 1.29 is 9.53 Å². The first-order valence-corrected chi connectivity index (χ1v) is 11.5. The van der Waals surface area contributed by atoms with Crippen molar-refractivity contribution in [2.45, 2.75) is 46.1 Å². The summed E-state index contributed by atoms with van der Waals surface area (Å²) in [4.78, 5) is 15.4. The highest BCUT2D eigenvalue weighted by Crippen LogP contribution is 2.37. The second-order valence-corrected chi connectivity index (χ2v) is 8.87. The third kappa shape index (κ3) is 4.37. The molecule has 0 aliphatic carbocycles. The summed E-state index contributed by atoms with van der Waals surface area (Å²) >= 11 is 6.73. The highest BCUT2D eigenvalue weighted by molar-refractivity contribution is 6.33. The SMILES string of the molecule is CCCN1C(=O)c2cc(Cc3ccc(-c4cn(C)nn4)cc3)c(C)c(Cl)c2OCC[C@@H]1C. The molecule has 0 fully saturated rings. The zero-order valence-corrected chi connectivity index (χ0v) is 19.8. The van der Waals surface area contributed by atoms with Gasteiger partial charge in [-0.25, -0.2) is 0 Å². The summed E-state index contributed by atoms with van der Waals surface area (Å²) in [5.41, 5.74) is 5.53. The molecule has 0 radical (unpaired) electrons. The van der Waals surface area contributed by atoms with Gasteiger partial charge in [0.2, 0.25) is 0 Å². The molecule has 32 heavy (non-hydrogen) atoms. The number of aryl methyl sites for hydroxylation is 1. The number of carbonyl (C=O) groups excluding carboxylic acids is 1. The van der Waals surface area contributed by atoms with Gasteiger partial charge in [0.25, 0.3) is 5.91 Å². The molecule has 2 heterocycles. The van der Waals surface area contributed by atoms with E-state index in [1.165, 1.54) is 0 Å². The number of fused-ring (bicyclic) bond motifs is 1. The zero-order valence-electron chi connectivity index (χ0n) is 19.1. The number of nitrogens with zero attached hydrogens (tertiary/aromatic N) is 4. The Labute approximate surface area is 194 Å². The van der Waals surface area contributed by atoms with E-state index in [-0.39, 0.29) is 11.9 Å². The van der Waals surface area contributed by atoms with Crippen LogP contribution in [0.15, 0.2) is 36.5 Å². The van der Waals surface area contributed by atoms with Crippen molar-refractivity contribution in [2.75, 3.05) is 13.2 Å². The van der Waals surface area contributed by atoms with Gasteiger partial charge in [-0.05, 0) is 49.4 Å². The molecule has 1 aliphatic rings. The molecule has 4 rings (SSSR count). The van der Waals surface area contributed by atoms with Gasteiger partial charge < -0.3 is 9.64 Å². The first-order chi connectivity index (χ1) is 15.4. The summed E-state index contributed by atoms with van der Waals surface area (Å²) < 4.78 is 7.67. The van der Waals surface area contributed by atoms with Crippen LogP contribution in [-0.4, -0.2) is 45.0 Å². The number of hydrogen-bond donors (Lipinski definition) is 0. The molecule has 0 saturated heterocycles. The maximum absolute atomic E-state index is 13.4. The lowest BCUT2D eigenvalue weighted by Gasteiger charge is -2.32. The average Bonchev–Trinajstić information content (AvgIpc) is 3.22. The predicted octanol–water partition coefficient (Wildman–Crippen LogP) is 5.06. The minimum atomic E-state index is -0.00444. The van der Waals surface area contributed by atoms with Crippen molar-refractivity contribution in [1.82, 2.24) is 19.9 Å². The monoisotopic (exact) mass is 452 g/mol. The number of benzene rings is 2. The summed E-state index contributed by atoms with van der Waals surface area (Å²) in [6.07, 6.45) is 4.27. The van der Waals surface area contributed by atoms with Crippen molar-refractivity contribution in [3.63, 3.8) is 0 Å². The molecule has 1 atom stereocenters. The van der Waals surface area contributed by atoms with Gasteiger partial charge in [-0.2, -0.15) is 0 Å². The molecule has 7 heteroatoms. The third-order valence-electron chi connectivity index (χ3n) is 6.09. The van der Waals surface area contributed by atoms with E-state index in [9.17, 15) is 4.79 Å². The molecule has 0 bridgehead atoms. The second kappa shape index (κ2) is 9.33. The average molecular weight is 453 g/mol. The molecule has 168 valence electrons. The number of hydrogen-bond acceptors (Lipinski definition) is 4. The van der Waals surface area contributed by atoms with E-state index in [2.05, 4.69) is 36.3 Å². The Kier molecular flexibility index (Phi) is 6.51. The molecule has 0 spiro atoms. The van der Waals surface area contributed by atoms with Gasteiger partial charge in [0, 0.05) is 31.6 Å². The lowest BCUT2D eigenvalue weighted by atomic mass is 9.95. The summed E-state index contributed by atoms with van der Waals surface area (Å²) in [7, 11) is 1.85. The van der Waals surface area contributed by atoms with Crippen molar-refractivity contribution in [2.24, 2.45) is 7.05 Å². The van der Waals surface area contributed by atoms with Gasteiger partial charge in [0.15, 0.2) is 5.75 Å². The quantitative estimate of drug-likeness (QED) is 0.543. The van der Waals surface area contributed by atoms with Crippen LogP contribution in [0.3, 0.4) is 0 Å². The summed E-state index contributed by atoms with van der Waals surface area (Å²) in [6.45, 7) is 7.44. The number of aromatic nitrogens is 3. The van der Waals surface area contributed by atoms with E-state index in [0.29, 0.717) is 29.4 Å².